The van der Waals surface area contributed by atoms with Crippen LogP contribution in [-0.2, 0) is 0 Å². The van der Waals surface area contributed by atoms with E-state index in [9.17, 15) is 0 Å². The van der Waals surface area contributed by atoms with Crippen molar-refractivity contribution in [1.82, 2.24) is 0 Å². The van der Waals surface area contributed by atoms with Gasteiger partial charge in [0, 0.05) is 33.4 Å². The smallest absolute Gasteiger partial charge is 0.114 e. The van der Waals surface area contributed by atoms with Crippen LogP contribution < -0.4 is 10.4 Å². The molecule has 2 aliphatic heterocycles. The first-order valence-corrected chi connectivity index (χ1v) is 15.2. The molecule has 0 aromatic heterocycles. The van der Waals surface area contributed by atoms with Crippen molar-refractivity contribution < 1.29 is 0 Å². The molecule has 0 amide bonds. The van der Waals surface area contributed by atoms with E-state index in [0.717, 1.165) is 22.8 Å². The molecule has 35 heavy (non-hydrogen) atoms. The lowest BCUT2D eigenvalue weighted by Gasteiger charge is -2.28. The van der Waals surface area contributed by atoms with Gasteiger partial charge >= 0.3 is 0 Å². The largest absolute Gasteiger partial charge is 0.247 e. The number of fused-ring (bicyclic) bond motifs is 10. The van der Waals surface area contributed by atoms with Crippen LogP contribution in [0.3, 0.4) is 0 Å². The van der Waals surface area contributed by atoms with E-state index < -0.39 is 8.07 Å². The molecule has 2 aliphatic carbocycles. The highest BCUT2D eigenvalue weighted by Gasteiger charge is 2.40. The molecule has 0 N–H and O–H groups in total. The fourth-order valence-corrected chi connectivity index (χ4v) is 9.39. The highest BCUT2D eigenvalue weighted by molar-refractivity contribution is 7.01. The Hall–Kier alpha value is -4.08. The molecule has 3 heteroatoms. The minimum atomic E-state index is -2.12. The van der Waals surface area contributed by atoms with E-state index in [2.05, 4.69) is 110 Å². The van der Waals surface area contributed by atoms with Crippen molar-refractivity contribution in [3.8, 4) is 0 Å². The van der Waals surface area contributed by atoms with Crippen LogP contribution >= 0.6 is 0 Å². The van der Waals surface area contributed by atoms with Gasteiger partial charge in [-0.05, 0) is 45.8 Å². The number of hydrogen-bond donors (Lipinski definition) is 0. The first-order valence-electron chi connectivity index (χ1n) is 12.2. The molecule has 164 valence electrons. The quantitative estimate of drug-likeness (QED) is 0.304. The van der Waals surface area contributed by atoms with Crippen LogP contribution in [0.2, 0.25) is 13.1 Å². The average molecular weight is 463 g/mol. The lowest BCUT2D eigenvalue weighted by Crippen LogP contribution is -2.55. The topological polar surface area (TPSA) is 24.7 Å². The molecule has 0 saturated carbocycles. The van der Waals surface area contributed by atoms with Gasteiger partial charge in [-0.15, -0.1) is 0 Å². The Labute approximate surface area is 205 Å². The van der Waals surface area contributed by atoms with E-state index in [1.807, 2.05) is 0 Å². The normalized spacial score (nSPS) is 15.8. The standard InChI is InChI=1S/C32H22N2Si/c1-35(2,27-15-7-13-25-29(27)23-17-19-9-3-5-11-21(19)31(23)33-25)28-16-8-14-26-30(28)24-18-20-10-4-6-12-22(20)32(24)34-26/h3-18H,1-2H3. The lowest BCUT2D eigenvalue weighted by molar-refractivity contribution is 1.52. The van der Waals surface area contributed by atoms with E-state index >= 15 is 0 Å². The van der Waals surface area contributed by atoms with E-state index in [-0.39, 0.29) is 0 Å². The summed E-state index contributed by atoms with van der Waals surface area (Å²) in [5.41, 5.74) is 14.7. The predicted molar refractivity (Wildman–Crippen MR) is 151 cm³/mol. The third kappa shape index (κ3) is 2.43. The summed E-state index contributed by atoms with van der Waals surface area (Å²) in [6, 6.07) is 30.6. The molecule has 4 aromatic rings. The highest BCUT2D eigenvalue weighted by Crippen LogP contribution is 2.45. The molecule has 2 heterocycles. The lowest BCUT2D eigenvalue weighted by atomic mass is 10.0. The van der Waals surface area contributed by atoms with Crippen molar-refractivity contribution in [3.63, 3.8) is 0 Å². The molecule has 0 fully saturated rings. The second kappa shape index (κ2) is 6.53. The molecule has 0 unspecified atom stereocenters. The summed E-state index contributed by atoms with van der Waals surface area (Å²) in [5, 5.41) is 2.90. The van der Waals surface area contributed by atoms with Gasteiger partial charge in [0.05, 0.1) is 22.8 Å². The van der Waals surface area contributed by atoms with Gasteiger partial charge < -0.3 is 0 Å². The van der Waals surface area contributed by atoms with Crippen molar-refractivity contribution in [2.24, 2.45) is 9.98 Å². The summed E-state index contributed by atoms with van der Waals surface area (Å²) in [7, 11) is -2.12. The molecule has 2 nitrogen and oxygen atoms in total. The Kier molecular flexibility index (Phi) is 3.59. The molecule has 0 saturated heterocycles. The summed E-state index contributed by atoms with van der Waals surface area (Å²) < 4.78 is 0. The van der Waals surface area contributed by atoms with Crippen LogP contribution in [0.25, 0.3) is 23.3 Å². The van der Waals surface area contributed by atoms with Crippen molar-refractivity contribution in [2.75, 3.05) is 0 Å². The maximum Gasteiger partial charge on any atom is 0.114 e. The molecule has 0 bridgehead atoms. The number of allylic oxidation sites excluding steroid dienone is 2. The second-order valence-corrected chi connectivity index (χ2v) is 14.6. The van der Waals surface area contributed by atoms with Crippen LogP contribution in [0.15, 0.2) is 94.9 Å². The molecule has 0 radical (unpaired) electrons. The molecule has 8 rings (SSSR count). The number of hydrogen-bond acceptors (Lipinski definition) is 2. The van der Waals surface area contributed by atoms with E-state index in [1.165, 1.54) is 54.9 Å². The first kappa shape index (κ1) is 19.2. The second-order valence-electron chi connectivity index (χ2n) is 10.2. The van der Waals surface area contributed by atoms with Gasteiger partial charge in [0.15, 0.2) is 0 Å². The minimum absolute atomic E-state index is 1.11. The van der Waals surface area contributed by atoms with Gasteiger partial charge in [0.1, 0.15) is 8.07 Å². The molecule has 0 spiro atoms. The van der Waals surface area contributed by atoms with E-state index in [4.69, 9.17) is 9.98 Å². The average Bonchev–Trinajstić information content (AvgIpc) is 3.61. The third-order valence-electron chi connectivity index (χ3n) is 7.98. The van der Waals surface area contributed by atoms with Crippen molar-refractivity contribution >= 4 is 64.5 Å². The molecule has 4 aliphatic rings. The SMILES string of the molecule is C[Si](C)(c1cccc2c1C1=Cc3ccccc3C1=N2)c1cccc2c1C1=Cc3ccccc3C1=N2. The zero-order valence-corrected chi connectivity index (χ0v) is 20.6. The maximum absolute atomic E-state index is 5.11. The fourth-order valence-electron chi connectivity index (χ4n) is 6.30. The maximum atomic E-state index is 5.11. The van der Waals surface area contributed by atoms with Crippen LogP contribution in [0.1, 0.15) is 33.4 Å². The van der Waals surface area contributed by atoms with Crippen LogP contribution in [-0.4, -0.2) is 19.5 Å². The zero-order valence-electron chi connectivity index (χ0n) is 19.6. The van der Waals surface area contributed by atoms with Crippen molar-refractivity contribution in [1.29, 1.82) is 0 Å². The summed E-state index contributed by atoms with van der Waals surface area (Å²) in [4.78, 5) is 10.2. The summed E-state index contributed by atoms with van der Waals surface area (Å²) in [5.74, 6) is 0. The van der Waals surface area contributed by atoms with Gasteiger partial charge in [-0.1, -0.05) is 85.9 Å². The number of benzene rings is 4. The molecule has 4 aromatic carbocycles. The van der Waals surface area contributed by atoms with Crippen LogP contribution in [0.5, 0.6) is 0 Å². The van der Waals surface area contributed by atoms with E-state index in [1.54, 1.807) is 0 Å². The number of nitrogens with zero attached hydrogens (tertiary/aromatic N) is 2. The third-order valence-corrected chi connectivity index (χ3v) is 11.5. The Bertz CT molecular complexity index is 1640. The highest BCUT2D eigenvalue weighted by atomic mass is 28.3. The van der Waals surface area contributed by atoms with Gasteiger partial charge in [0.2, 0.25) is 0 Å². The van der Waals surface area contributed by atoms with E-state index in [0.29, 0.717) is 0 Å². The molecule has 0 atom stereocenters. The zero-order chi connectivity index (χ0) is 23.3. The van der Waals surface area contributed by atoms with Gasteiger partial charge in [-0.2, -0.15) is 0 Å². The fraction of sp³-hybridized carbons (Fsp3) is 0.0625. The summed E-state index contributed by atoms with van der Waals surface area (Å²) >= 11 is 0. The summed E-state index contributed by atoms with van der Waals surface area (Å²) in [6.45, 7) is 4.97. The van der Waals surface area contributed by atoms with Gasteiger partial charge in [0.25, 0.3) is 0 Å². The van der Waals surface area contributed by atoms with Gasteiger partial charge in [-0.3, -0.25) is 0 Å². The molecular formula is C32H22N2Si. The van der Waals surface area contributed by atoms with Crippen LogP contribution in [0.4, 0.5) is 11.4 Å². The van der Waals surface area contributed by atoms with Crippen LogP contribution in [0, 0.1) is 0 Å². The van der Waals surface area contributed by atoms with Crippen molar-refractivity contribution in [3.05, 3.63) is 118 Å². The van der Waals surface area contributed by atoms with Gasteiger partial charge in [-0.25, -0.2) is 9.98 Å². The monoisotopic (exact) mass is 462 g/mol. The van der Waals surface area contributed by atoms with Crippen molar-refractivity contribution in [2.45, 2.75) is 13.1 Å². The number of aliphatic imine (C=N–C) groups is 2. The summed E-state index contributed by atoms with van der Waals surface area (Å²) in [6.07, 6.45) is 4.67. The Morgan fingerprint density at radius 2 is 0.971 bits per heavy atom. The first-order chi connectivity index (χ1) is 17.1. The number of rotatable bonds is 2. The Morgan fingerprint density at radius 1 is 0.514 bits per heavy atom. The Morgan fingerprint density at radius 3 is 1.46 bits per heavy atom. The predicted octanol–water partition coefficient (Wildman–Crippen LogP) is 6.49. The molecular weight excluding hydrogens is 440 g/mol. The minimum Gasteiger partial charge on any atom is -0.247 e. The Balaban J connectivity index is 1.31.